The lowest BCUT2D eigenvalue weighted by atomic mass is 10.2. The molecule has 0 aliphatic heterocycles. The molecule has 0 aromatic rings. The first-order chi connectivity index (χ1) is 8.22. The van der Waals surface area contributed by atoms with Gasteiger partial charge in [0.05, 0.1) is 13.2 Å². The largest absolute Gasteiger partial charge is 0.459 e. The molecule has 0 aliphatic rings. The number of carbonyl (C=O) groups is 1. The van der Waals surface area contributed by atoms with Crippen LogP contribution in [0, 0.1) is 0 Å². The minimum Gasteiger partial charge on any atom is -0.459 e. The van der Waals surface area contributed by atoms with Crippen LogP contribution in [0.5, 0.6) is 0 Å². The lowest BCUT2D eigenvalue weighted by Gasteiger charge is -2.21. The number of rotatable bonds is 8. The van der Waals surface area contributed by atoms with Gasteiger partial charge >= 0.3 is 13.6 Å². The van der Waals surface area contributed by atoms with Crippen molar-refractivity contribution < 1.29 is 33.2 Å². The summed E-state index contributed by atoms with van der Waals surface area (Å²) in [6, 6.07) is 0. The molecule has 0 aromatic carbocycles. The zero-order chi connectivity index (χ0) is 14.2. The smallest absolute Gasteiger partial charge is 0.395 e. The first-order valence-corrected chi connectivity index (χ1v) is 7.38. The van der Waals surface area contributed by atoms with E-state index in [-0.39, 0.29) is 13.2 Å². The third-order valence-corrected chi connectivity index (χ3v) is 2.62. The van der Waals surface area contributed by atoms with Gasteiger partial charge in [-0.25, -0.2) is 9.78 Å². The molecule has 18 heavy (non-hydrogen) atoms. The van der Waals surface area contributed by atoms with E-state index in [2.05, 4.69) is 19.1 Å². The van der Waals surface area contributed by atoms with Crippen molar-refractivity contribution in [2.75, 3.05) is 19.4 Å². The van der Waals surface area contributed by atoms with Gasteiger partial charge in [0.1, 0.15) is 5.60 Å². The Hall–Kier alpha value is -0.460. The maximum absolute atomic E-state index is 12.0. The summed E-state index contributed by atoms with van der Waals surface area (Å²) < 4.78 is 26.2. The number of hydrogen-bond acceptors (Lipinski definition) is 7. The van der Waals surface area contributed by atoms with E-state index in [1.807, 2.05) is 0 Å². The quantitative estimate of drug-likeness (QED) is 0.293. The van der Waals surface area contributed by atoms with Crippen LogP contribution in [0.3, 0.4) is 0 Å². The van der Waals surface area contributed by atoms with Gasteiger partial charge in [-0.05, 0) is 34.6 Å². The van der Waals surface area contributed by atoms with Crippen LogP contribution in [0.1, 0.15) is 34.6 Å². The maximum Gasteiger partial charge on any atom is 0.395 e. The summed E-state index contributed by atoms with van der Waals surface area (Å²) in [5, 5.41) is 0. The lowest BCUT2D eigenvalue weighted by Crippen LogP contribution is -2.26. The molecule has 8 heteroatoms. The van der Waals surface area contributed by atoms with Crippen molar-refractivity contribution in [3.05, 3.63) is 0 Å². The summed E-state index contributed by atoms with van der Waals surface area (Å²) >= 11 is 0. The Morgan fingerprint density at radius 2 is 1.50 bits per heavy atom. The highest BCUT2D eigenvalue weighted by Gasteiger charge is 2.34. The van der Waals surface area contributed by atoms with E-state index in [0.717, 1.165) is 0 Å². The molecule has 0 saturated heterocycles. The topological polar surface area (TPSA) is 80.3 Å². The second-order valence-corrected chi connectivity index (χ2v) is 6.15. The Morgan fingerprint density at radius 3 is 1.83 bits per heavy atom. The molecular formula is C10H21O7P. The standard InChI is InChI=1S/C10H21O7P/c1-6-13-16-18(12,17-14-7-2)8-9(11)15-10(3,4)5/h6-8H2,1-5H3. The van der Waals surface area contributed by atoms with Gasteiger partial charge in [0.2, 0.25) is 0 Å². The minimum atomic E-state index is -3.81. The molecule has 7 nitrogen and oxygen atoms in total. The van der Waals surface area contributed by atoms with Crippen LogP contribution in [0.15, 0.2) is 0 Å². The Kier molecular flexibility index (Phi) is 7.66. The van der Waals surface area contributed by atoms with Crippen LogP contribution in [0.25, 0.3) is 0 Å². The number of esters is 1. The van der Waals surface area contributed by atoms with Crippen molar-refractivity contribution in [1.82, 2.24) is 0 Å². The minimum absolute atomic E-state index is 0.161. The van der Waals surface area contributed by atoms with Crippen molar-refractivity contribution in [2.45, 2.75) is 40.2 Å². The fourth-order valence-electron chi connectivity index (χ4n) is 0.863. The van der Waals surface area contributed by atoms with Crippen molar-refractivity contribution in [1.29, 1.82) is 0 Å². The van der Waals surface area contributed by atoms with Crippen molar-refractivity contribution in [3.63, 3.8) is 0 Å². The molecule has 0 rings (SSSR count). The van der Waals surface area contributed by atoms with Gasteiger partial charge in [0, 0.05) is 0 Å². The van der Waals surface area contributed by atoms with Gasteiger partial charge < -0.3 is 4.74 Å². The number of ether oxygens (including phenoxy) is 1. The fraction of sp³-hybridized carbons (Fsp3) is 0.900. The summed E-state index contributed by atoms with van der Waals surface area (Å²) in [6.45, 7) is 8.69. The monoisotopic (exact) mass is 284 g/mol. The van der Waals surface area contributed by atoms with Gasteiger partial charge in [0.15, 0.2) is 6.16 Å². The molecule has 0 amide bonds. The zero-order valence-corrected chi connectivity index (χ0v) is 12.3. The molecule has 0 bridgehead atoms. The second-order valence-electron chi connectivity index (χ2n) is 4.32. The highest BCUT2D eigenvalue weighted by molar-refractivity contribution is 7.54. The normalized spacial score (nSPS) is 12.5. The maximum atomic E-state index is 12.0. The Morgan fingerprint density at radius 1 is 1.06 bits per heavy atom. The zero-order valence-electron chi connectivity index (χ0n) is 11.4. The SMILES string of the molecule is CCOOP(=O)(CC(=O)OC(C)(C)C)OOCC. The van der Waals surface area contributed by atoms with E-state index >= 15 is 0 Å². The van der Waals surface area contributed by atoms with Crippen LogP contribution < -0.4 is 0 Å². The third-order valence-electron chi connectivity index (χ3n) is 1.31. The molecule has 108 valence electrons. The Labute approximate surface area is 107 Å². The van der Waals surface area contributed by atoms with Gasteiger partial charge in [-0.1, -0.05) is 0 Å². The molecule has 0 saturated carbocycles. The average Bonchev–Trinajstić information content (AvgIpc) is 2.21. The predicted molar refractivity (Wildman–Crippen MR) is 63.7 cm³/mol. The summed E-state index contributed by atoms with van der Waals surface area (Å²) in [5.74, 6) is -0.717. The summed E-state index contributed by atoms with van der Waals surface area (Å²) in [7, 11) is -3.81. The third kappa shape index (κ3) is 8.60. The predicted octanol–water partition coefficient (Wildman–Crippen LogP) is 2.46. The molecule has 0 unspecified atom stereocenters. The molecule has 0 radical (unpaired) electrons. The molecule has 0 spiro atoms. The summed E-state index contributed by atoms with van der Waals surface area (Å²) in [5.41, 5.74) is -0.681. The van der Waals surface area contributed by atoms with Crippen LogP contribution in [-0.2, 0) is 33.2 Å². The number of carbonyl (C=O) groups excluding carboxylic acids is 1. The van der Waals surface area contributed by atoms with E-state index in [1.165, 1.54) is 0 Å². The summed E-state index contributed by atoms with van der Waals surface area (Å²) in [4.78, 5) is 20.6. The van der Waals surface area contributed by atoms with E-state index in [0.29, 0.717) is 0 Å². The van der Waals surface area contributed by atoms with E-state index in [9.17, 15) is 9.36 Å². The van der Waals surface area contributed by atoms with Crippen LogP contribution in [0.4, 0.5) is 0 Å². The first-order valence-electron chi connectivity index (χ1n) is 5.65. The first kappa shape index (κ1) is 17.5. The van der Waals surface area contributed by atoms with Crippen molar-refractivity contribution in [3.8, 4) is 0 Å². The summed E-state index contributed by atoms with van der Waals surface area (Å²) in [6.07, 6.45) is -0.579. The molecule has 0 heterocycles. The van der Waals surface area contributed by atoms with E-state index in [1.54, 1.807) is 34.6 Å². The van der Waals surface area contributed by atoms with Crippen molar-refractivity contribution >= 4 is 13.6 Å². The van der Waals surface area contributed by atoms with Crippen molar-refractivity contribution in [2.24, 2.45) is 0 Å². The van der Waals surface area contributed by atoms with Gasteiger partial charge in [-0.3, -0.25) is 9.36 Å². The molecular weight excluding hydrogens is 263 g/mol. The molecule has 0 aliphatic carbocycles. The number of hydrogen-bond donors (Lipinski definition) is 0. The Bertz CT molecular complexity index is 285. The highest BCUT2D eigenvalue weighted by Crippen LogP contribution is 2.48. The van der Waals surface area contributed by atoms with Gasteiger partial charge in [-0.15, -0.1) is 9.35 Å². The average molecular weight is 284 g/mol. The molecule has 0 atom stereocenters. The van der Waals surface area contributed by atoms with E-state index < -0.39 is 25.3 Å². The molecule has 0 N–H and O–H groups in total. The van der Waals surface area contributed by atoms with Crippen LogP contribution in [0.2, 0.25) is 0 Å². The fourth-order valence-corrected chi connectivity index (χ4v) is 1.91. The van der Waals surface area contributed by atoms with Crippen LogP contribution >= 0.6 is 7.60 Å². The van der Waals surface area contributed by atoms with Gasteiger partial charge in [0.25, 0.3) is 0 Å². The Balaban J connectivity index is 4.48. The molecule has 0 aromatic heterocycles. The molecule has 0 fully saturated rings. The van der Waals surface area contributed by atoms with Crippen LogP contribution in [-0.4, -0.2) is 30.9 Å². The second kappa shape index (κ2) is 7.86. The lowest BCUT2D eigenvalue weighted by molar-refractivity contribution is -0.263. The van der Waals surface area contributed by atoms with E-state index in [4.69, 9.17) is 4.74 Å². The van der Waals surface area contributed by atoms with Gasteiger partial charge in [-0.2, -0.15) is 0 Å². The highest BCUT2D eigenvalue weighted by atomic mass is 31.2.